The van der Waals surface area contributed by atoms with Crippen molar-refractivity contribution in [2.75, 3.05) is 5.33 Å². The molecule has 0 nitrogen and oxygen atoms in total. The van der Waals surface area contributed by atoms with Crippen molar-refractivity contribution in [2.24, 2.45) is 0 Å². The minimum Gasteiger partial charge on any atom is -0.153 e. The minimum atomic E-state index is 0. The molecule has 0 radical (unpaired) electrons. The zero-order valence-corrected chi connectivity index (χ0v) is 18.5. The molecular formula is C20H44BrP. The van der Waals surface area contributed by atoms with Crippen LogP contribution in [0.15, 0.2) is 0 Å². The van der Waals surface area contributed by atoms with Gasteiger partial charge in [0.2, 0.25) is 0 Å². The van der Waals surface area contributed by atoms with E-state index in [2.05, 4.69) is 22.9 Å². The quantitative estimate of drug-likeness (QED) is 0.124. The summed E-state index contributed by atoms with van der Waals surface area (Å²) >= 11 is 3.50. The molecule has 0 heterocycles. The van der Waals surface area contributed by atoms with Gasteiger partial charge >= 0.3 is 0 Å². The van der Waals surface area contributed by atoms with Crippen LogP contribution in [0.2, 0.25) is 0 Å². The maximum atomic E-state index is 3.50. The third kappa shape index (κ3) is 23.2. The zero-order valence-electron chi connectivity index (χ0n) is 15.5. The van der Waals surface area contributed by atoms with Gasteiger partial charge in [0, 0.05) is 5.33 Å². The van der Waals surface area contributed by atoms with Crippen LogP contribution in [0.4, 0.5) is 0 Å². The van der Waals surface area contributed by atoms with E-state index in [1.165, 1.54) is 121 Å². The highest BCUT2D eigenvalue weighted by Gasteiger charge is 1.94. The van der Waals surface area contributed by atoms with Crippen LogP contribution < -0.4 is 0 Å². The van der Waals surface area contributed by atoms with E-state index >= 15 is 0 Å². The van der Waals surface area contributed by atoms with Crippen molar-refractivity contribution in [1.29, 1.82) is 0 Å². The second-order valence-corrected chi connectivity index (χ2v) is 7.49. The van der Waals surface area contributed by atoms with Gasteiger partial charge in [0.05, 0.1) is 0 Å². The topological polar surface area (TPSA) is 0 Å². The molecule has 0 bridgehead atoms. The van der Waals surface area contributed by atoms with Gasteiger partial charge < -0.3 is 0 Å². The van der Waals surface area contributed by atoms with Crippen molar-refractivity contribution in [1.82, 2.24) is 0 Å². The molecule has 1 unspecified atom stereocenters. The molecule has 0 aromatic heterocycles. The Morgan fingerprint density at radius 1 is 0.409 bits per heavy atom. The summed E-state index contributed by atoms with van der Waals surface area (Å²) < 4.78 is 0. The lowest BCUT2D eigenvalue weighted by Crippen LogP contribution is -1.84. The maximum absolute atomic E-state index is 3.50. The van der Waals surface area contributed by atoms with E-state index in [0.717, 1.165) is 0 Å². The Hall–Kier alpha value is 0.910. The van der Waals surface area contributed by atoms with E-state index in [9.17, 15) is 0 Å². The second kappa shape index (κ2) is 24.2. The molecule has 136 valence electrons. The molecule has 0 aromatic carbocycles. The van der Waals surface area contributed by atoms with Crippen LogP contribution in [0.1, 0.15) is 122 Å². The van der Waals surface area contributed by atoms with Gasteiger partial charge in [-0.2, -0.15) is 9.90 Å². The van der Waals surface area contributed by atoms with Gasteiger partial charge in [0.25, 0.3) is 0 Å². The lowest BCUT2D eigenvalue weighted by atomic mass is 10.0. The van der Waals surface area contributed by atoms with Gasteiger partial charge in [-0.15, -0.1) is 0 Å². The molecule has 0 aromatic rings. The fourth-order valence-electron chi connectivity index (χ4n) is 3.00. The largest absolute Gasteiger partial charge is 0.153 e. The number of unbranched alkanes of at least 4 members (excludes halogenated alkanes) is 17. The molecule has 0 aliphatic carbocycles. The molecule has 0 spiro atoms. The van der Waals surface area contributed by atoms with E-state index in [1.807, 2.05) is 0 Å². The molecule has 22 heavy (non-hydrogen) atoms. The highest BCUT2D eigenvalue weighted by Crippen LogP contribution is 2.14. The first-order chi connectivity index (χ1) is 10.4. The Morgan fingerprint density at radius 3 is 0.864 bits per heavy atom. The first-order valence-electron chi connectivity index (χ1n) is 9.97. The van der Waals surface area contributed by atoms with Crippen molar-refractivity contribution in [2.45, 2.75) is 122 Å². The molecule has 0 amide bonds. The third-order valence-electron chi connectivity index (χ3n) is 4.49. The molecular weight excluding hydrogens is 351 g/mol. The Balaban J connectivity index is 0. The molecule has 0 aliphatic heterocycles. The van der Waals surface area contributed by atoms with Crippen LogP contribution >= 0.6 is 25.8 Å². The first kappa shape index (κ1) is 25.2. The van der Waals surface area contributed by atoms with Crippen molar-refractivity contribution in [3.63, 3.8) is 0 Å². The normalized spacial score (nSPS) is 10.6. The lowest BCUT2D eigenvalue weighted by molar-refractivity contribution is 0.527. The number of halogens is 1. The Kier molecular flexibility index (Phi) is 27.6. The molecule has 0 N–H and O–H groups in total. The van der Waals surface area contributed by atoms with Crippen molar-refractivity contribution < 1.29 is 0 Å². The van der Waals surface area contributed by atoms with Gasteiger partial charge in [-0.3, -0.25) is 0 Å². The summed E-state index contributed by atoms with van der Waals surface area (Å²) in [4.78, 5) is 0. The summed E-state index contributed by atoms with van der Waals surface area (Å²) in [7, 11) is 0. The summed E-state index contributed by atoms with van der Waals surface area (Å²) in [6.07, 6.45) is 26.3. The number of hydrogen-bond donors (Lipinski definition) is 0. The summed E-state index contributed by atoms with van der Waals surface area (Å²) in [6.45, 7) is 2.30. The number of alkyl halides is 1. The Bertz CT molecular complexity index is 155. The predicted molar refractivity (Wildman–Crippen MR) is 114 cm³/mol. The zero-order chi connectivity index (χ0) is 15.4. The standard InChI is InChI=1S/C20H41Br.H3P/c1-2-3-4-5-6-7-8-9-10-11-12-13-14-15-16-17-18-19-20-21;/h2-20H2,1H3;1H3. The fourth-order valence-corrected chi connectivity index (χ4v) is 3.39. The van der Waals surface area contributed by atoms with E-state index < -0.39 is 0 Å². The predicted octanol–water partition coefficient (Wildman–Crippen LogP) is 8.48. The van der Waals surface area contributed by atoms with Crippen LogP contribution in [0.25, 0.3) is 0 Å². The minimum absolute atomic E-state index is 0. The van der Waals surface area contributed by atoms with E-state index in [4.69, 9.17) is 0 Å². The number of rotatable bonds is 18. The van der Waals surface area contributed by atoms with Gasteiger partial charge in [-0.1, -0.05) is 132 Å². The van der Waals surface area contributed by atoms with Gasteiger partial charge in [-0.25, -0.2) is 0 Å². The summed E-state index contributed by atoms with van der Waals surface area (Å²) in [5, 5.41) is 1.19. The van der Waals surface area contributed by atoms with Crippen molar-refractivity contribution in [3.05, 3.63) is 0 Å². The maximum Gasteiger partial charge on any atom is 0.00313 e. The van der Waals surface area contributed by atoms with Crippen LogP contribution in [0, 0.1) is 0 Å². The lowest BCUT2D eigenvalue weighted by Gasteiger charge is -2.03. The third-order valence-corrected chi connectivity index (χ3v) is 5.05. The fraction of sp³-hybridized carbons (Fsp3) is 1.00. The SMILES string of the molecule is CCCCCCCCCCCCCCCCCCCCBr.P. The van der Waals surface area contributed by atoms with Crippen molar-refractivity contribution >= 4 is 25.8 Å². The van der Waals surface area contributed by atoms with Crippen LogP contribution in [0.3, 0.4) is 0 Å². The average Bonchev–Trinajstić information content (AvgIpc) is 2.50. The molecule has 0 saturated heterocycles. The molecule has 0 fully saturated rings. The highest BCUT2D eigenvalue weighted by molar-refractivity contribution is 9.09. The van der Waals surface area contributed by atoms with Gasteiger partial charge in [0.1, 0.15) is 0 Å². The van der Waals surface area contributed by atoms with E-state index in [1.54, 1.807) is 0 Å². The van der Waals surface area contributed by atoms with E-state index in [0.29, 0.717) is 0 Å². The highest BCUT2D eigenvalue weighted by atomic mass is 79.9. The van der Waals surface area contributed by atoms with Gasteiger partial charge in [0.15, 0.2) is 0 Å². The average molecular weight is 395 g/mol. The van der Waals surface area contributed by atoms with Crippen LogP contribution in [-0.2, 0) is 0 Å². The van der Waals surface area contributed by atoms with Crippen LogP contribution in [-0.4, -0.2) is 5.33 Å². The van der Waals surface area contributed by atoms with E-state index in [-0.39, 0.29) is 9.90 Å². The molecule has 0 aliphatic rings. The van der Waals surface area contributed by atoms with Crippen LogP contribution in [0.5, 0.6) is 0 Å². The number of hydrogen-bond acceptors (Lipinski definition) is 0. The molecule has 1 atom stereocenters. The smallest absolute Gasteiger partial charge is 0.00313 e. The monoisotopic (exact) mass is 394 g/mol. The summed E-state index contributed by atoms with van der Waals surface area (Å²) in [5.74, 6) is 0. The summed E-state index contributed by atoms with van der Waals surface area (Å²) in [5.41, 5.74) is 0. The summed E-state index contributed by atoms with van der Waals surface area (Å²) in [6, 6.07) is 0. The van der Waals surface area contributed by atoms with Gasteiger partial charge in [-0.05, 0) is 6.42 Å². The molecule has 0 rings (SSSR count). The second-order valence-electron chi connectivity index (χ2n) is 6.70. The first-order valence-corrected chi connectivity index (χ1v) is 11.1. The molecule has 0 saturated carbocycles. The molecule has 2 heteroatoms. The Labute approximate surface area is 153 Å². The van der Waals surface area contributed by atoms with Crippen molar-refractivity contribution in [3.8, 4) is 0 Å². The Morgan fingerprint density at radius 2 is 0.636 bits per heavy atom.